The number of rotatable bonds is 8. The summed E-state index contributed by atoms with van der Waals surface area (Å²) in [4.78, 5) is 0. The van der Waals surface area contributed by atoms with Crippen molar-refractivity contribution in [2.24, 2.45) is 11.8 Å². The second-order valence-corrected chi connectivity index (χ2v) is 6.87. The van der Waals surface area contributed by atoms with Crippen molar-refractivity contribution in [3.63, 3.8) is 0 Å². The van der Waals surface area contributed by atoms with Gasteiger partial charge in [-0.3, -0.25) is 0 Å². The number of unbranched alkanes of at least 4 members (excludes halogenated alkanes) is 2. The highest BCUT2D eigenvalue weighted by Gasteiger charge is 2.21. The average molecular weight is 324 g/mol. The van der Waals surface area contributed by atoms with Crippen LogP contribution in [0.25, 0.3) is 0 Å². The monoisotopic (exact) mass is 324 g/mol. The van der Waals surface area contributed by atoms with Crippen LogP contribution in [0.4, 0.5) is 13.2 Å². The number of hydrogen-bond acceptors (Lipinski definition) is 0. The first-order chi connectivity index (χ1) is 11.1. The Morgan fingerprint density at radius 2 is 1.48 bits per heavy atom. The lowest BCUT2D eigenvalue weighted by molar-refractivity contribution is 0.249. The lowest BCUT2D eigenvalue weighted by atomic mass is 9.78. The molecular formula is C20H27F3. The summed E-state index contributed by atoms with van der Waals surface area (Å²) in [7, 11) is 0. The fourth-order valence-corrected chi connectivity index (χ4v) is 3.65. The average Bonchev–Trinajstić information content (AvgIpc) is 2.55. The smallest absolute Gasteiger partial charge is 0.194 e. The molecule has 1 aliphatic carbocycles. The maximum atomic E-state index is 13.2. The molecule has 0 radical (unpaired) electrons. The van der Waals surface area contributed by atoms with Gasteiger partial charge in [-0.2, -0.15) is 0 Å². The Morgan fingerprint density at radius 3 is 2.04 bits per heavy atom. The molecule has 128 valence electrons. The number of hydrogen-bond donors (Lipinski definition) is 0. The second-order valence-electron chi connectivity index (χ2n) is 6.87. The molecule has 0 bridgehead atoms. The summed E-state index contributed by atoms with van der Waals surface area (Å²) in [5.41, 5.74) is 0.563. The first-order valence-corrected chi connectivity index (χ1v) is 8.84. The van der Waals surface area contributed by atoms with Crippen molar-refractivity contribution in [2.45, 2.75) is 64.2 Å². The van der Waals surface area contributed by atoms with Crippen LogP contribution in [0.2, 0.25) is 0 Å². The van der Waals surface area contributed by atoms with Crippen LogP contribution >= 0.6 is 0 Å². The number of benzene rings is 1. The molecule has 0 N–H and O–H groups in total. The molecule has 0 aliphatic heterocycles. The molecule has 3 heteroatoms. The van der Waals surface area contributed by atoms with Gasteiger partial charge in [0.1, 0.15) is 0 Å². The standard InChI is InChI=1S/C20H27F3/c1-2-3-4-5-6-15-7-9-16(10-8-15)11-12-17-13-18(21)20(23)19(22)14-17/h2,13-16H,1,3-12H2. The molecule has 1 saturated carbocycles. The Bertz CT molecular complexity index is 479. The van der Waals surface area contributed by atoms with E-state index in [1.165, 1.54) is 44.9 Å². The summed E-state index contributed by atoms with van der Waals surface area (Å²) in [6.07, 6.45) is 13.5. The minimum atomic E-state index is -1.37. The van der Waals surface area contributed by atoms with Gasteiger partial charge >= 0.3 is 0 Å². The van der Waals surface area contributed by atoms with Gasteiger partial charge in [0.15, 0.2) is 17.5 Å². The molecule has 0 amide bonds. The molecule has 0 saturated heterocycles. The molecule has 2 rings (SSSR count). The molecule has 1 aliphatic rings. The summed E-state index contributed by atoms with van der Waals surface area (Å²) in [6.45, 7) is 3.75. The van der Waals surface area contributed by atoms with Crippen molar-refractivity contribution in [3.8, 4) is 0 Å². The lowest BCUT2D eigenvalue weighted by Gasteiger charge is -2.28. The van der Waals surface area contributed by atoms with Crippen molar-refractivity contribution < 1.29 is 13.2 Å². The molecule has 0 unspecified atom stereocenters. The number of halogens is 3. The van der Waals surface area contributed by atoms with Crippen molar-refractivity contribution in [3.05, 3.63) is 47.8 Å². The van der Waals surface area contributed by atoms with Crippen LogP contribution in [0.3, 0.4) is 0 Å². The topological polar surface area (TPSA) is 0 Å². The molecule has 0 heterocycles. The third-order valence-corrected chi connectivity index (χ3v) is 5.12. The molecule has 1 fully saturated rings. The van der Waals surface area contributed by atoms with Crippen LogP contribution in [0.5, 0.6) is 0 Å². The summed E-state index contributed by atoms with van der Waals surface area (Å²) < 4.78 is 39.4. The van der Waals surface area contributed by atoms with E-state index in [9.17, 15) is 13.2 Å². The summed E-state index contributed by atoms with van der Waals surface area (Å²) in [6, 6.07) is 2.26. The van der Waals surface area contributed by atoms with Gasteiger partial charge < -0.3 is 0 Å². The molecule has 23 heavy (non-hydrogen) atoms. The van der Waals surface area contributed by atoms with Crippen LogP contribution < -0.4 is 0 Å². The largest absolute Gasteiger partial charge is 0.204 e. The van der Waals surface area contributed by atoms with Crippen molar-refractivity contribution in [1.29, 1.82) is 0 Å². The zero-order valence-corrected chi connectivity index (χ0v) is 13.8. The van der Waals surface area contributed by atoms with Crippen molar-refractivity contribution in [2.75, 3.05) is 0 Å². The zero-order valence-electron chi connectivity index (χ0n) is 13.8. The summed E-state index contributed by atoms with van der Waals surface area (Å²) in [5.74, 6) is -2.05. The van der Waals surface area contributed by atoms with E-state index in [0.29, 0.717) is 17.9 Å². The molecule has 0 aromatic heterocycles. The number of aryl methyl sites for hydroxylation is 1. The second kappa shape index (κ2) is 9.14. The quantitative estimate of drug-likeness (QED) is 0.287. The van der Waals surface area contributed by atoms with E-state index in [1.54, 1.807) is 0 Å². The predicted molar refractivity (Wildman–Crippen MR) is 88.8 cm³/mol. The first kappa shape index (κ1) is 18.1. The van der Waals surface area contributed by atoms with Crippen molar-refractivity contribution >= 4 is 0 Å². The highest BCUT2D eigenvalue weighted by Crippen LogP contribution is 2.34. The Morgan fingerprint density at radius 1 is 0.913 bits per heavy atom. The van der Waals surface area contributed by atoms with Gasteiger partial charge in [-0.25, -0.2) is 13.2 Å². The molecule has 1 aromatic carbocycles. The maximum absolute atomic E-state index is 13.2. The van der Waals surface area contributed by atoms with Crippen LogP contribution in [-0.4, -0.2) is 0 Å². The van der Waals surface area contributed by atoms with E-state index in [-0.39, 0.29) is 0 Å². The fraction of sp³-hybridized carbons (Fsp3) is 0.600. The molecule has 0 spiro atoms. The third-order valence-electron chi connectivity index (χ3n) is 5.12. The molecular weight excluding hydrogens is 297 g/mol. The minimum absolute atomic E-state index is 0.563. The van der Waals surface area contributed by atoms with E-state index in [2.05, 4.69) is 6.58 Å². The van der Waals surface area contributed by atoms with Gasteiger partial charge in [0.2, 0.25) is 0 Å². The third kappa shape index (κ3) is 5.71. The Labute approximate surface area is 137 Å². The highest BCUT2D eigenvalue weighted by molar-refractivity contribution is 5.19. The highest BCUT2D eigenvalue weighted by atomic mass is 19.2. The Balaban J connectivity index is 1.69. The van der Waals surface area contributed by atoms with E-state index in [1.807, 2.05) is 6.08 Å². The SMILES string of the molecule is C=CCCCCC1CCC(CCc2cc(F)c(F)c(F)c2)CC1. The summed E-state index contributed by atoms with van der Waals surface area (Å²) in [5, 5.41) is 0. The van der Waals surface area contributed by atoms with Crippen LogP contribution in [0.1, 0.15) is 63.4 Å². The van der Waals surface area contributed by atoms with Gasteiger partial charge in [0.25, 0.3) is 0 Å². The molecule has 1 aromatic rings. The van der Waals surface area contributed by atoms with Crippen LogP contribution in [-0.2, 0) is 6.42 Å². The molecule has 0 nitrogen and oxygen atoms in total. The van der Waals surface area contributed by atoms with Gasteiger partial charge in [-0.05, 0) is 55.2 Å². The Kier molecular flexibility index (Phi) is 7.19. The van der Waals surface area contributed by atoms with Gasteiger partial charge in [0.05, 0.1) is 0 Å². The Hall–Kier alpha value is -1.25. The lowest BCUT2D eigenvalue weighted by Crippen LogP contribution is -2.15. The van der Waals surface area contributed by atoms with Gasteiger partial charge in [-0.1, -0.05) is 44.6 Å². The normalized spacial score (nSPS) is 21.3. The minimum Gasteiger partial charge on any atom is -0.204 e. The van der Waals surface area contributed by atoms with E-state index in [0.717, 1.165) is 30.9 Å². The van der Waals surface area contributed by atoms with Gasteiger partial charge in [-0.15, -0.1) is 6.58 Å². The van der Waals surface area contributed by atoms with E-state index in [4.69, 9.17) is 0 Å². The van der Waals surface area contributed by atoms with Gasteiger partial charge in [0, 0.05) is 0 Å². The van der Waals surface area contributed by atoms with Crippen LogP contribution in [0, 0.1) is 29.3 Å². The molecule has 0 atom stereocenters. The van der Waals surface area contributed by atoms with E-state index < -0.39 is 17.5 Å². The van der Waals surface area contributed by atoms with Crippen LogP contribution in [0.15, 0.2) is 24.8 Å². The number of allylic oxidation sites excluding steroid dienone is 1. The van der Waals surface area contributed by atoms with Crippen molar-refractivity contribution in [1.82, 2.24) is 0 Å². The first-order valence-electron chi connectivity index (χ1n) is 8.84. The fourth-order valence-electron chi connectivity index (χ4n) is 3.65. The maximum Gasteiger partial charge on any atom is 0.194 e. The summed E-state index contributed by atoms with van der Waals surface area (Å²) >= 11 is 0. The predicted octanol–water partition coefficient (Wildman–Crippen LogP) is 6.59. The zero-order chi connectivity index (χ0) is 16.7. The van der Waals surface area contributed by atoms with E-state index >= 15 is 0 Å².